The number of carboxylic acids is 1. The highest BCUT2D eigenvalue weighted by Crippen LogP contribution is 2.48. The summed E-state index contributed by atoms with van der Waals surface area (Å²) in [6.45, 7) is 8.57. The Kier molecular flexibility index (Phi) is 6.51. The maximum atomic E-state index is 15.1. The number of carbonyl (C=O) groups is 2. The van der Waals surface area contributed by atoms with Crippen LogP contribution in [-0.4, -0.2) is 17.0 Å². The minimum atomic E-state index is -0.994. The Balaban J connectivity index is 1.43. The topological polar surface area (TPSA) is 57.6 Å². The zero-order valence-electron chi connectivity index (χ0n) is 25.8. The summed E-state index contributed by atoms with van der Waals surface area (Å²) in [5.74, 6) is -1.10. The average Bonchev–Trinajstić information content (AvgIpc) is 3.03. The second kappa shape index (κ2) is 10.2. The summed E-state index contributed by atoms with van der Waals surface area (Å²) in [4.78, 5) is 28.6. The van der Waals surface area contributed by atoms with Gasteiger partial charge in [0.25, 0.3) is 5.91 Å². The minimum Gasteiger partial charge on any atom is -0.478 e. The van der Waals surface area contributed by atoms with E-state index in [9.17, 15) is 9.90 Å². The number of hydrogen-bond acceptors (Lipinski definition) is 2. The smallest absolute Gasteiger partial charge is 0.335 e. The summed E-state index contributed by atoms with van der Waals surface area (Å²) in [5.41, 5.74) is 9.36. The van der Waals surface area contributed by atoms with E-state index in [1.807, 2.05) is 18.2 Å². The van der Waals surface area contributed by atoms with Gasteiger partial charge in [0, 0.05) is 27.5 Å². The van der Waals surface area contributed by atoms with E-state index >= 15 is 4.79 Å². The van der Waals surface area contributed by atoms with Crippen LogP contribution in [0.4, 0.5) is 11.4 Å². The zero-order chi connectivity index (χ0) is 30.8. The van der Waals surface area contributed by atoms with Gasteiger partial charge in [-0.15, -0.1) is 0 Å². The maximum Gasteiger partial charge on any atom is 0.335 e. The third-order valence-electron chi connectivity index (χ3n) is 9.92. The van der Waals surface area contributed by atoms with Gasteiger partial charge in [-0.25, -0.2) is 4.79 Å². The molecule has 4 nitrogen and oxygen atoms in total. The summed E-state index contributed by atoms with van der Waals surface area (Å²) in [6, 6.07) is 25.7. The number of rotatable bonds is 4. The Labute approximate surface area is 259 Å². The van der Waals surface area contributed by atoms with Gasteiger partial charge in [0.2, 0.25) is 0 Å². The van der Waals surface area contributed by atoms with E-state index in [0.717, 1.165) is 53.3 Å². The van der Waals surface area contributed by atoms with E-state index in [4.69, 9.17) is 0 Å². The molecule has 0 unspecified atom stereocenters. The molecular formula is C40H37NO3. The quantitative estimate of drug-likeness (QED) is 0.262. The van der Waals surface area contributed by atoms with Gasteiger partial charge in [-0.05, 0) is 89.2 Å². The van der Waals surface area contributed by atoms with E-state index < -0.39 is 11.4 Å². The van der Waals surface area contributed by atoms with Crippen LogP contribution in [-0.2, 0) is 22.0 Å². The fraction of sp³-hybridized carbons (Fsp3) is 0.250. The number of aryl methyl sites for hydroxylation is 1. The van der Waals surface area contributed by atoms with E-state index in [1.54, 1.807) is 34.7 Å². The van der Waals surface area contributed by atoms with Crippen molar-refractivity contribution in [2.24, 2.45) is 0 Å². The van der Waals surface area contributed by atoms with Crippen LogP contribution >= 0.6 is 0 Å². The number of carbonyl (C=O) groups excluding carboxylic acids is 1. The highest BCUT2D eigenvalue weighted by Gasteiger charge is 2.42. The van der Waals surface area contributed by atoms with Gasteiger partial charge in [0.05, 0.1) is 11.3 Å². The number of allylic oxidation sites excluding steroid dienone is 5. The number of benzene rings is 4. The Hall–Kier alpha value is -4.70. The van der Waals surface area contributed by atoms with E-state index in [1.165, 1.54) is 22.3 Å². The van der Waals surface area contributed by atoms with Crippen molar-refractivity contribution in [1.82, 2.24) is 0 Å². The Morgan fingerprint density at radius 3 is 2.27 bits per heavy atom. The lowest BCUT2D eigenvalue weighted by molar-refractivity contribution is -0.115. The molecule has 4 aromatic rings. The van der Waals surface area contributed by atoms with Crippen molar-refractivity contribution < 1.29 is 14.7 Å². The molecule has 0 bridgehead atoms. The molecule has 0 saturated carbocycles. The first-order chi connectivity index (χ1) is 21.1. The van der Waals surface area contributed by atoms with Gasteiger partial charge in [0.15, 0.2) is 0 Å². The van der Waals surface area contributed by atoms with Crippen LogP contribution < -0.4 is 4.90 Å². The molecule has 0 saturated heterocycles. The molecule has 7 rings (SSSR count). The molecule has 0 spiro atoms. The second-order valence-corrected chi connectivity index (χ2v) is 13.4. The molecule has 1 N–H and O–H groups in total. The summed E-state index contributed by atoms with van der Waals surface area (Å²) in [5, 5.41) is 11.8. The molecular weight excluding hydrogens is 542 g/mol. The number of carboxylic acid groups (broad SMARTS) is 1. The van der Waals surface area contributed by atoms with Crippen molar-refractivity contribution in [1.29, 1.82) is 0 Å². The van der Waals surface area contributed by atoms with Gasteiger partial charge >= 0.3 is 5.97 Å². The Bertz CT molecular complexity index is 1950. The van der Waals surface area contributed by atoms with Crippen molar-refractivity contribution in [3.8, 4) is 0 Å². The predicted octanol–water partition coefficient (Wildman–Crippen LogP) is 9.45. The van der Waals surface area contributed by atoms with Crippen molar-refractivity contribution in [2.75, 3.05) is 4.90 Å². The highest BCUT2D eigenvalue weighted by atomic mass is 16.4. The van der Waals surface area contributed by atoms with E-state index in [-0.39, 0.29) is 16.9 Å². The molecule has 3 aliphatic rings. The summed E-state index contributed by atoms with van der Waals surface area (Å²) >= 11 is 0. The van der Waals surface area contributed by atoms with Crippen LogP contribution in [0.25, 0.3) is 16.3 Å². The maximum absolute atomic E-state index is 15.1. The first kappa shape index (κ1) is 28.1. The fourth-order valence-corrected chi connectivity index (χ4v) is 7.57. The lowest BCUT2D eigenvalue weighted by Crippen LogP contribution is -2.41. The number of nitrogens with zero attached hydrogens (tertiary/aromatic N) is 1. The molecule has 4 heteroatoms. The van der Waals surface area contributed by atoms with Gasteiger partial charge < -0.3 is 5.11 Å². The average molecular weight is 580 g/mol. The van der Waals surface area contributed by atoms with E-state index in [2.05, 4.69) is 82.3 Å². The molecule has 0 fully saturated rings. The summed E-state index contributed by atoms with van der Waals surface area (Å²) < 4.78 is 0. The van der Waals surface area contributed by atoms with Gasteiger partial charge in [0.1, 0.15) is 0 Å². The molecule has 0 aromatic heterocycles. The molecule has 0 aliphatic heterocycles. The van der Waals surface area contributed by atoms with Crippen LogP contribution in [0, 0.1) is 0 Å². The normalized spacial score (nSPS) is 17.8. The zero-order valence-corrected chi connectivity index (χ0v) is 25.8. The second-order valence-electron chi connectivity index (χ2n) is 13.4. The van der Waals surface area contributed by atoms with Crippen molar-refractivity contribution >= 4 is 39.6 Å². The molecule has 0 heterocycles. The first-order valence-corrected chi connectivity index (χ1v) is 15.5. The third kappa shape index (κ3) is 4.35. The van der Waals surface area contributed by atoms with Crippen LogP contribution in [0.2, 0.25) is 0 Å². The fourth-order valence-electron chi connectivity index (χ4n) is 7.57. The molecule has 220 valence electrons. The Morgan fingerprint density at radius 2 is 1.52 bits per heavy atom. The van der Waals surface area contributed by atoms with Crippen LogP contribution in [0.3, 0.4) is 0 Å². The van der Waals surface area contributed by atoms with Crippen molar-refractivity contribution in [2.45, 2.75) is 64.2 Å². The SMILES string of the molecule is CC1(C)C=C(C(=O)N(c2ccc(C(=O)O)cc2)c2cccc3c4c(ccc23)C2=C(CCC=C2)CC4)C(C)(C)c2ccccc21. The monoisotopic (exact) mass is 579 g/mol. The van der Waals surface area contributed by atoms with Gasteiger partial charge in [-0.3, -0.25) is 9.69 Å². The van der Waals surface area contributed by atoms with Crippen molar-refractivity contribution in [3.05, 3.63) is 136 Å². The standard InChI is InChI=1S/C40H37NO3/c1-39(2)24-35(40(3,4)34-14-8-7-13-33(34)39)37(42)41(27-19-16-26(17-20-27)38(43)44)36-15-9-12-29-31-21-18-25-10-5-6-11-28(25)30(31)22-23-32(29)36/h6-9,11-17,19-20,22-24H,5,10,18,21H2,1-4H3,(H,43,44). The van der Waals surface area contributed by atoms with Crippen molar-refractivity contribution in [3.63, 3.8) is 0 Å². The molecule has 1 amide bonds. The first-order valence-electron chi connectivity index (χ1n) is 15.5. The number of amides is 1. The Morgan fingerprint density at radius 1 is 0.773 bits per heavy atom. The number of anilines is 2. The van der Waals surface area contributed by atoms with Gasteiger partial charge in [-0.2, -0.15) is 0 Å². The van der Waals surface area contributed by atoms with Crippen LogP contribution in [0.15, 0.2) is 108 Å². The molecule has 0 radical (unpaired) electrons. The van der Waals surface area contributed by atoms with Crippen LogP contribution in [0.5, 0.6) is 0 Å². The van der Waals surface area contributed by atoms with Crippen LogP contribution in [0.1, 0.15) is 79.6 Å². The summed E-state index contributed by atoms with van der Waals surface area (Å²) in [7, 11) is 0. The molecule has 44 heavy (non-hydrogen) atoms. The molecule has 4 aromatic carbocycles. The lowest BCUT2D eigenvalue weighted by Gasteiger charge is -2.42. The minimum absolute atomic E-state index is 0.105. The molecule has 0 atom stereocenters. The number of hydrogen-bond donors (Lipinski definition) is 1. The number of fused-ring (bicyclic) bond motifs is 5. The predicted molar refractivity (Wildman–Crippen MR) is 179 cm³/mol. The highest BCUT2D eigenvalue weighted by molar-refractivity contribution is 6.16. The largest absolute Gasteiger partial charge is 0.478 e. The van der Waals surface area contributed by atoms with Gasteiger partial charge in [-0.1, -0.05) is 100 Å². The number of aromatic carboxylic acids is 1. The lowest BCUT2D eigenvalue weighted by atomic mass is 9.63. The third-order valence-corrected chi connectivity index (χ3v) is 9.92. The van der Waals surface area contributed by atoms with E-state index in [0.29, 0.717) is 5.69 Å². The molecule has 3 aliphatic carbocycles. The summed E-state index contributed by atoms with van der Waals surface area (Å²) in [6.07, 6.45) is 11.0.